The molecule has 0 aliphatic rings. The molecule has 0 radical (unpaired) electrons. The third-order valence-electron chi connectivity index (χ3n) is 3.58. The molecule has 0 aliphatic carbocycles. The Labute approximate surface area is 138 Å². The molecule has 0 spiro atoms. The first kappa shape index (κ1) is 17.6. The Hall–Kier alpha value is -1.73. The molecule has 0 atom stereocenters. The molecule has 1 aromatic heterocycles. The molecule has 1 N–H and O–H groups in total. The van der Waals surface area contributed by atoms with Crippen LogP contribution in [0.5, 0.6) is 0 Å². The van der Waals surface area contributed by atoms with Crippen LogP contribution in [0.3, 0.4) is 0 Å². The fourth-order valence-electron chi connectivity index (χ4n) is 2.28. The summed E-state index contributed by atoms with van der Waals surface area (Å²) in [5, 5.41) is 8.01. The minimum atomic E-state index is -3.22. The number of unbranched alkanes of at least 4 members (excludes halogenated alkanes) is 3. The third-order valence-corrected chi connectivity index (χ3v) is 4.24. The molecule has 1 heterocycles. The van der Waals surface area contributed by atoms with Gasteiger partial charge in [-0.15, -0.1) is 5.10 Å². The van der Waals surface area contributed by atoms with Crippen LogP contribution in [0.4, 0.5) is 0 Å². The van der Waals surface area contributed by atoms with Crippen molar-refractivity contribution in [1.82, 2.24) is 19.7 Å². The highest BCUT2D eigenvalue weighted by Crippen LogP contribution is 2.12. The van der Waals surface area contributed by atoms with E-state index in [4.69, 9.17) is 0 Å². The van der Waals surface area contributed by atoms with E-state index < -0.39 is 10.0 Å². The molecule has 2 aromatic rings. The van der Waals surface area contributed by atoms with E-state index in [-0.39, 0.29) is 6.54 Å². The topological polar surface area (TPSA) is 76.9 Å². The molecule has 126 valence electrons. The molecule has 23 heavy (non-hydrogen) atoms. The number of rotatable bonds is 9. The number of nitrogens with zero attached hydrogens (tertiary/aromatic N) is 3. The number of benzene rings is 1. The molecular weight excluding hydrogens is 312 g/mol. The molecule has 0 saturated carbocycles. The summed E-state index contributed by atoms with van der Waals surface area (Å²) in [7, 11) is -3.22. The maximum absolute atomic E-state index is 11.1. The Morgan fingerprint density at radius 2 is 1.87 bits per heavy atom. The summed E-state index contributed by atoms with van der Waals surface area (Å²) < 4.78 is 26.2. The first-order valence-corrected chi connectivity index (χ1v) is 9.82. The monoisotopic (exact) mass is 336 g/mol. The lowest BCUT2D eigenvalue weighted by Crippen LogP contribution is -2.21. The summed E-state index contributed by atoms with van der Waals surface area (Å²) in [5.74, 6) is 0. The van der Waals surface area contributed by atoms with Crippen LogP contribution < -0.4 is 4.72 Å². The Balaban J connectivity index is 1.93. The van der Waals surface area contributed by atoms with Crippen LogP contribution in [0.15, 0.2) is 30.5 Å². The van der Waals surface area contributed by atoms with Gasteiger partial charge in [0.1, 0.15) is 0 Å². The van der Waals surface area contributed by atoms with Crippen LogP contribution in [0.2, 0.25) is 0 Å². The molecule has 7 heteroatoms. The summed E-state index contributed by atoms with van der Waals surface area (Å²) in [5.41, 5.74) is 2.82. The number of hydrogen-bond acceptors (Lipinski definition) is 4. The van der Waals surface area contributed by atoms with E-state index in [1.165, 1.54) is 31.2 Å². The Morgan fingerprint density at radius 3 is 2.52 bits per heavy atom. The maximum Gasteiger partial charge on any atom is 0.209 e. The molecule has 2 rings (SSSR count). The lowest BCUT2D eigenvalue weighted by atomic mass is 10.1. The van der Waals surface area contributed by atoms with Gasteiger partial charge in [0.15, 0.2) is 0 Å². The fourth-order valence-corrected chi connectivity index (χ4v) is 2.69. The maximum atomic E-state index is 11.1. The molecule has 0 aliphatic heterocycles. The second-order valence-electron chi connectivity index (χ2n) is 5.72. The van der Waals surface area contributed by atoms with Gasteiger partial charge in [-0.3, -0.25) is 0 Å². The third kappa shape index (κ3) is 6.11. The average Bonchev–Trinajstić information content (AvgIpc) is 2.99. The van der Waals surface area contributed by atoms with Crippen molar-refractivity contribution in [3.8, 4) is 5.69 Å². The highest BCUT2D eigenvalue weighted by Gasteiger charge is 2.06. The van der Waals surface area contributed by atoms with Gasteiger partial charge < -0.3 is 0 Å². The summed E-state index contributed by atoms with van der Waals surface area (Å²) in [6.45, 7) is 2.36. The van der Waals surface area contributed by atoms with Gasteiger partial charge in [0.05, 0.1) is 30.4 Å². The predicted octanol–water partition coefficient (Wildman–Crippen LogP) is 2.44. The first-order valence-electron chi connectivity index (χ1n) is 7.93. The minimum Gasteiger partial charge on any atom is -0.220 e. The van der Waals surface area contributed by atoms with Crippen molar-refractivity contribution in [2.45, 2.75) is 45.6 Å². The second kappa shape index (κ2) is 8.21. The normalized spacial score (nSPS) is 11.7. The Bertz CT molecular complexity index is 708. The van der Waals surface area contributed by atoms with Crippen molar-refractivity contribution in [3.63, 3.8) is 0 Å². The predicted molar refractivity (Wildman–Crippen MR) is 90.9 cm³/mol. The Kier molecular flexibility index (Phi) is 6.29. The molecule has 0 saturated heterocycles. The molecule has 0 unspecified atom stereocenters. The van der Waals surface area contributed by atoms with Crippen LogP contribution in [-0.2, 0) is 23.0 Å². The molecule has 6 nitrogen and oxygen atoms in total. The van der Waals surface area contributed by atoms with Crippen molar-refractivity contribution in [2.75, 3.05) is 6.26 Å². The van der Waals surface area contributed by atoms with Crippen molar-refractivity contribution in [3.05, 3.63) is 41.7 Å². The van der Waals surface area contributed by atoms with Crippen LogP contribution in [0, 0.1) is 0 Å². The lowest BCUT2D eigenvalue weighted by Gasteiger charge is -2.04. The summed E-state index contributed by atoms with van der Waals surface area (Å²) in [6, 6.07) is 8.24. The highest BCUT2D eigenvalue weighted by atomic mass is 32.2. The van der Waals surface area contributed by atoms with E-state index in [1.54, 1.807) is 10.9 Å². The lowest BCUT2D eigenvalue weighted by molar-refractivity contribution is 0.586. The smallest absolute Gasteiger partial charge is 0.209 e. The quantitative estimate of drug-likeness (QED) is 0.714. The van der Waals surface area contributed by atoms with Gasteiger partial charge in [-0.1, -0.05) is 43.5 Å². The molecule has 0 amide bonds. The van der Waals surface area contributed by atoms with E-state index in [1.807, 2.05) is 12.1 Å². The van der Waals surface area contributed by atoms with Gasteiger partial charge in [-0.05, 0) is 30.5 Å². The highest BCUT2D eigenvalue weighted by molar-refractivity contribution is 7.88. The first-order chi connectivity index (χ1) is 11.0. The van der Waals surface area contributed by atoms with Crippen molar-refractivity contribution in [2.24, 2.45) is 0 Å². The van der Waals surface area contributed by atoms with E-state index >= 15 is 0 Å². The molecule has 1 aromatic carbocycles. The number of nitrogens with one attached hydrogen (secondary N) is 1. The summed E-state index contributed by atoms with van der Waals surface area (Å²) >= 11 is 0. The van der Waals surface area contributed by atoms with E-state index in [2.05, 4.69) is 34.1 Å². The minimum absolute atomic E-state index is 0.147. The molecular formula is C16H24N4O2S. The van der Waals surface area contributed by atoms with Crippen LogP contribution >= 0.6 is 0 Å². The van der Waals surface area contributed by atoms with Gasteiger partial charge in [-0.25, -0.2) is 17.8 Å². The summed E-state index contributed by atoms with van der Waals surface area (Å²) in [4.78, 5) is 0. The van der Waals surface area contributed by atoms with Gasteiger partial charge in [-0.2, -0.15) is 0 Å². The zero-order valence-corrected chi connectivity index (χ0v) is 14.5. The van der Waals surface area contributed by atoms with Crippen LogP contribution in [0.1, 0.15) is 43.9 Å². The molecule has 0 fully saturated rings. The number of aromatic nitrogens is 3. The number of aryl methyl sites for hydroxylation is 1. The number of hydrogen-bond donors (Lipinski definition) is 1. The van der Waals surface area contributed by atoms with Gasteiger partial charge in [0.2, 0.25) is 10.0 Å². The largest absolute Gasteiger partial charge is 0.220 e. The zero-order chi connectivity index (χ0) is 16.7. The van der Waals surface area contributed by atoms with E-state index in [9.17, 15) is 8.42 Å². The number of sulfonamides is 1. The van der Waals surface area contributed by atoms with E-state index in [0.29, 0.717) is 5.69 Å². The van der Waals surface area contributed by atoms with Crippen molar-refractivity contribution >= 4 is 10.0 Å². The Morgan fingerprint density at radius 1 is 1.13 bits per heavy atom. The fraction of sp³-hybridized carbons (Fsp3) is 0.500. The molecule has 0 bridgehead atoms. The van der Waals surface area contributed by atoms with Gasteiger partial charge in [0, 0.05) is 0 Å². The SMILES string of the molecule is CCCCCCc1ccc(-n2cc(CNS(C)(=O)=O)nn2)cc1. The zero-order valence-electron chi connectivity index (χ0n) is 13.7. The standard InChI is InChI=1S/C16H24N4O2S/c1-3-4-5-6-7-14-8-10-16(11-9-14)20-13-15(18-19-20)12-17-23(2,21)22/h8-11,13,17H,3-7,12H2,1-2H3. The second-order valence-corrected chi connectivity index (χ2v) is 7.56. The summed E-state index contributed by atoms with van der Waals surface area (Å²) in [6.07, 6.45) is 8.99. The van der Waals surface area contributed by atoms with Gasteiger partial charge in [0.25, 0.3) is 0 Å². The van der Waals surface area contributed by atoms with E-state index in [0.717, 1.165) is 18.4 Å². The van der Waals surface area contributed by atoms with Crippen LogP contribution in [-0.4, -0.2) is 29.7 Å². The van der Waals surface area contributed by atoms with Gasteiger partial charge >= 0.3 is 0 Å². The average molecular weight is 336 g/mol. The van der Waals surface area contributed by atoms with Crippen LogP contribution in [0.25, 0.3) is 5.69 Å². The van der Waals surface area contributed by atoms with Crippen molar-refractivity contribution in [1.29, 1.82) is 0 Å². The van der Waals surface area contributed by atoms with Crippen molar-refractivity contribution < 1.29 is 8.42 Å².